The second-order valence-electron chi connectivity index (χ2n) is 6.33. The topological polar surface area (TPSA) is 75.1 Å². The van der Waals surface area contributed by atoms with E-state index in [2.05, 4.69) is 40.7 Å². The number of guanidine groups is 1. The van der Waals surface area contributed by atoms with Crippen LogP contribution >= 0.6 is 0 Å². The van der Waals surface area contributed by atoms with Crippen molar-refractivity contribution in [1.82, 2.24) is 10.6 Å². The number of rotatable bonds is 9. The maximum absolute atomic E-state index is 10.5. The molecule has 0 saturated heterocycles. The molecule has 1 unspecified atom stereocenters. The lowest BCUT2D eigenvalue weighted by Crippen LogP contribution is -2.39. The summed E-state index contributed by atoms with van der Waals surface area (Å²) in [5.74, 6) is 1.90. The summed E-state index contributed by atoms with van der Waals surface area (Å²) in [6.45, 7) is 5.82. The molecule has 6 heteroatoms. The van der Waals surface area contributed by atoms with Crippen LogP contribution in [0, 0.1) is 0 Å². The van der Waals surface area contributed by atoms with Crippen molar-refractivity contribution in [3.05, 3.63) is 59.2 Å². The van der Waals surface area contributed by atoms with Gasteiger partial charge in [-0.25, -0.2) is 4.99 Å². The zero-order valence-electron chi connectivity index (χ0n) is 17.2. The Labute approximate surface area is 167 Å². The molecule has 0 heterocycles. The highest BCUT2D eigenvalue weighted by Gasteiger charge is 2.12. The predicted molar refractivity (Wildman–Crippen MR) is 113 cm³/mol. The number of hydrogen-bond donors (Lipinski definition) is 3. The fourth-order valence-corrected chi connectivity index (χ4v) is 2.93. The van der Waals surface area contributed by atoms with Crippen LogP contribution < -0.4 is 20.1 Å². The molecular formula is C22H31N3O3. The standard InChI is InChI=1S/C22H31N3O3/c1-5-16-9-7-8-10-18(16)14-24-22(23-6-2)25-15-19(26)17-11-12-20(27-3)21(13-17)28-4/h7-13,19,26H,5-6,14-15H2,1-4H3,(H2,23,24,25). The summed E-state index contributed by atoms with van der Waals surface area (Å²) < 4.78 is 10.6. The summed E-state index contributed by atoms with van der Waals surface area (Å²) in [7, 11) is 3.17. The van der Waals surface area contributed by atoms with Gasteiger partial charge in [-0.2, -0.15) is 0 Å². The van der Waals surface area contributed by atoms with Crippen molar-refractivity contribution in [2.75, 3.05) is 27.3 Å². The number of aryl methyl sites for hydroxylation is 1. The van der Waals surface area contributed by atoms with Gasteiger partial charge in [0.25, 0.3) is 0 Å². The summed E-state index contributed by atoms with van der Waals surface area (Å²) in [6, 6.07) is 13.7. The molecule has 0 spiro atoms. The molecule has 2 rings (SSSR count). The molecule has 6 nitrogen and oxygen atoms in total. The van der Waals surface area contributed by atoms with Gasteiger partial charge < -0.3 is 25.2 Å². The Morgan fingerprint density at radius 1 is 1.00 bits per heavy atom. The molecule has 0 bridgehead atoms. The zero-order valence-corrected chi connectivity index (χ0v) is 17.2. The second kappa shape index (κ2) is 11.2. The molecule has 0 amide bonds. The van der Waals surface area contributed by atoms with Gasteiger partial charge in [0, 0.05) is 13.1 Å². The molecule has 0 fully saturated rings. The Bertz CT molecular complexity index is 777. The van der Waals surface area contributed by atoms with E-state index in [1.165, 1.54) is 11.1 Å². The molecule has 1 atom stereocenters. The van der Waals surface area contributed by atoms with Crippen molar-refractivity contribution < 1.29 is 14.6 Å². The van der Waals surface area contributed by atoms with Gasteiger partial charge in [0.05, 0.1) is 26.9 Å². The average molecular weight is 386 g/mol. The third-order valence-electron chi connectivity index (χ3n) is 4.51. The van der Waals surface area contributed by atoms with Gasteiger partial charge in [-0.3, -0.25) is 0 Å². The maximum atomic E-state index is 10.5. The fourth-order valence-electron chi connectivity index (χ4n) is 2.93. The summed E-state index contributed by atoms with van der Waals surface area (Å²) in [4.78, 5) is 4.66. The van der Waals surface area contributed by atoms with Gasteiger partial charge in [0.1, 0.15) is 0 Å². The number of hydrogen-bond acceptors (Lipinski definition) is 4. The van der Waals surface area contributed by atoms with Gasteiger partial charge in [-0.1, -0.05) is 37.3 Å². The van der Waals surface area contributed by atoms with Crippen molar-refractivity contribution in [3.8, 4) is 11.5 Å². The highest BCUT2D eigenvalue weighted by molar-refractivity contribution is 5.79. The molecule has 0 aliphatic rings. The van der Waals surface area contributed by atoms with Gasteiger partial charge in [0.15, 0.2) is 17.5 Å². The van der Waals surface area contributed by atoms with E-state index in [9.17, 15) is 5.11 Å². The molecular weight excluding hydrogens is 354 g/mol. The van der Waals surface area contributed by atoms with Crippen molar-refractivity contribution in [2.45, 2.75) is 32.9 Å². The van der Waals surface area contributed by atoms with Crippen LogP contribution in [0.1, 0.15) is 36.6 Å². The molecule has 2 aromatic rings. The Morgan fingerprint density at radius 2 is 1.71 bits per heavy atom. The van der Waals surface area contributed by atoms with E-state index < -0.39 is 6.10 Å². The van der Waals surface area contributed by atoms with Crippen LogP contribution in [0.4, 0.5) is 0 Å². The number of aliphatic hydroxyl groups excluding tert-OH is 1. The van der Waals surface area contributed by atoms with Crippen LogP contribution in [0.3, 0.4) is 0 Å². The van der Waals surface area contributed by atoms with Crippen LogP contribution in [0.25, 0.3) is 0 Å². The van der Waals surface area contributed by atoms with E-state index in [0.717, 1.165) is 18.5 Å². The first-order chi connectivity index (χ1) is 13.6. The molecule has 3 N–H and O–H groups in total. The second-order valence-corrected chi connectivity index (χ2v) is 6.33. The quantitative estimate of drug-likeness (QED) is 0.457. The number of aliphatic imine (C=N–C) groups is 1. The maximum Gasteiger partial charge on any atom is 0.191 e. The monoisotopic (exact) mass is 385 g/mol. The zero-order chi connectivity index (χ0) is 20.4. The minimum absolute atomic E-state index is 0.330. The lowest BCUT2D eigenvalue weighted by atomic mass is 10.1. The van der Waals surface area contributed by atoms with Crippen LogP contribution in [-0.4, -0.2) is 38.4 Å². The first kappa shape index (κ1) is 21.6. The molecule has 2 aromatic carbocycles. The highest BCUT2D eigenvalue weighted by atomic mass is 16.5. The Kier molecular flexibility index (Phi) is 8.62. The van der Waals surface area contributed by atoms with Gasteiger partial charge in [-0.15, -0.1) is 0 Å². The van der Waals surface area contributed by atoms with Crippen LogP contribution in [0.5, 0.6) is 11.5 Å². The smallest absolute Gasteiger partial charge is 0.191 e. The minimum Gasteiger partial charge on any atom is -0.493 e. The van der Waals surface area contributed by atoms with E-state index in [-0.39, 0.29) is 0 Å². The molecule has 0 aliphatic heterocycles. The Hall–Kier alpha value is -2.73. The SMILES string of the molecule is CCNC(=NCc1ccccc1CC)NCC(O)c1ccc(OC)c(OC)c1. The molecule has 0 aromatic heterocycles. The van der Waals surface area contributed by atoms with Gasteiger partial charge in [0.2, 0.25) is 0 Å². The number of methoxy groups -OCH3 is 2. The van der Waals surface area contributed by atoms with Crippen molar-refractivity contribution >= 4 is 5.96 Å². The number of benzene rings is 2. The molecule has 0 radical (unpaired) electrons. The van der Waals surface area contributed by atoms with E-state index >= 15 is 0 Å². The largest absolute Gasteiger partial charge is 0.493 e. The summed E-state index contributed by atoms with van der Waals surface area (Å²) in [6.07, 6.45) is 0.278. The Balaban J connectivity index is 2.04. The van der Waals surface area contributed by atoms with E-state index in [1.807, 2.05) is 19.1 Å². The van der Waals surface area contributed by atoms with Crippen molar-refractivity contribution in [2.24, 2.45) is 4.99 Å². The van der Waals surface area contributed by atoms with Gasteiger partial charge in [-0.05, 0) is 42.2 Å². The first-order valence-corrected chi connectivity index (χ1v) is 9.61. The van der Waals surface area contributed by atoms with Gasteiger partial charge >= 0.3 is 0 Å². The molecule has 0 aliphatic carbocycles. The number of nitrogens with zero attached hydrogens (tertiary/aromatic N) is 1. The third kappa shape index (κ3) is 5.89. The first-order valence-electron chi connectivity index (χ1n) is 9.61. The van der Waals surface area contributed by atoms with E-state index in [4.69, 9.17) is 9.47 Å². The average Bonchev–Trinajstić information content (AvgIpc) is 2.74. The summed E-state index contributed by atoms with van der Waals surface area (Å²) in [5, 5.41) is 17.0. The summed E-state index contributed by atoms with van der Waals surface area (Å²) in [5.41, 5.74) is 3.26. The van der Waals surface area contributed by atoms with Crippen LogP contribution in [0.15, 0.2) is 47.5 Å². The Morgan fingerprint density at radius 3 is 2.36 bits per heavy atom. The fraction of sp³-hybridized carbons (Fsp3) is 0.409. The third-order valence-corrected chi connectivity index (χ3v) is 4.51. The molecule has 152 valence electrons. The van der Waals surface area contributed by atoms with E-state index in [0.29, 0.717) is 30.5 Å². The summed E-state index contributed by atoms with van der Waals surface area (Å²) >= 11 is 0. The van der Waals surface area contributed by atoms with E-state index in [1.54, 1.807) is 26.4 Å². The minimum atomic E-state index is -0.702. The predicted octanol–water partition coefficient (Wildman–Crippen LogP) is 3.05. The van der Waals surface area contributed by atoms with Crippen LogP contribution in [0.2, 0.25) is 0 Å². The lowest BCUT2D eigenvalue weighted by molar-refractivity contribution is 0.180. The highest BCUT2D eigenvalue weighted by Crippen LogP contribution is 2.29. The lowest BCUT2D eigenvalue weighted by Gasteiger charge is -2.17. The van der Waals surface area contributed by atoms with Crippen LogP contribution in [-0.2, 0) is 13.0 Å². The number of aliphatic hydroxyl groups is 1. The molecule has 0 saturated carbocycles. The molecule has 28 heavy (non-hydrogen) atoms. The number of nitrogens with one attached hydrogen (secondary N) is 2. The number of ether oxygens (including phenoxy) is 2. The normalized spacial score (nSPS) is 12.4. The van der Waals surface area contributed by atoms with Crippen molar-refractivity contribution in [3.63, 3.8) is 0 Å². The van der Waals surface area contributed by atoms with Crippen molar-refractivity contribution in [1.29, 1.82) is 0 Å².